The number of carbonyl (C=O) groups is 1. The first-order chi connectivity index (χ1) is 13.9. The summed E-state index contributed by atoms with van der Waals surface area (Å²) in [5.41, 5.74) is 1.67. The lowest BCUT2D eigenvalue weighted by molar-refractivity contribution is 0.0954. The van der Waals surface area contributed by atoms with Crippen molar-refractivity contribution in [1.29, 1.82) is 0 Å². The Morgan fingerprint density at radius 2 is 1.86 bits per heavy atom. The zero-order valence-electron chi connectivity index (χ0n) is 16.0. The molecule has 0 aliphatic carbocycles. The van der Waals surface area contributed by atoms with Crippen LogP contribution in [0.1, 0.15) is 21.1 Å². The maximum Gasteiger partial charge on any atom is 0.262 e. The van der Waals surface area contributed by atoms with Crippen molar-refractivity contribution in [3.05, 3.63) is 70.2 Å². The monoisotopic (exact) mass is 431 g/mol. The van der Waals surface area contributed by atoms with Crippen LogP contribution >= 0.6 is 11.3 Å². The minimum atomic E-state index is -3.81. The predicted molar refractivity (Wildman–Crippen MR) is 113 cm³/mol. The average molecular weight is 432 g/mol. The molecule has 0 fully saturated rings. The van der Waals surface area contributed by atoms with Crippen LogP contribution < -0.4 is 14.8 Å². The number of nitrogens with one attached hydrogen (secondary N) is 2. The van der Waals surface area contributed by atoms with Crippen LogP contribution in [0, 0.1) is 6.92 Å². The number of hydrogen-bond donors (Lipinski definition) is 2. The summed E-state index contributed by atoms with van der Waals surface area (Å²) in [5, 5.41) is 5.77. The highest BCUT2D eigenvalue weighted by atomic mass is 32.2. The third kappa shape index (κ3) is 5.33. The average Bonchev–Trinajstić information content (AvgIpc) is 3.13. The van der Waals surface area contributed by atoms with Gasteiger partial charge in [0, 0.05) is 23.9 Å². The van der Waals surface area contributed by atoms with E-state index in [-0.39, 0.29) is 10.8 Å². The molecule has 0 atom stereocenters. The van der Waals surface area contributed by atoms with Crippen LogP contribution in [0.5, 0.6) is 5.75 Å². The summed E-state index contributed by atoms with van der Waals surface area (Å²) in [6.07, 6.45) is 0.644. The van der Waals surface area contributed by atoms with E-state index in [1.807, 2.05) is 12.3 Å². The summed E-state index contributed by atoms with van der Waals surface area (Å²) in [5.74, 6) is 0.154. The van der Waals surface area contributed by atoms with Gasteiger partial charge < -0.3 is 10.1 Å². The molecular formula is C20H21N3O4S2. The van der Waals surface area contributed by atoms with Gasteiger partial charge in [-0.1, -0.05) is 12.1 Å². The number of thiazole rings is 1. The molecule has 29 heavy (non-hydrogen) atoms. The minimum Gasteiger partial charge on any atom is -0.495 e. The van der Waals surface area contributed by atoms with Crippen LogP contribution in [0.4, 0.5) is 5.69 Å². The predicted octanol–water partition coefficient (Wildman–Crippen LogP) is 3.23. The van der Waals surface area contributed by atoms with E-state index in [4.69, 9.17) is 4.74 Å². The van der Waals surface area contributed by atoms with Crippen LogP contribution in [0.15, 0.2) is 58.8 Å². The normalized spacial score (nSPS) is 11.1. The summed E-state index contributed by atoms with van der Waals surface area (Å²) in [6, 6.07) is 12.5. The van der Waals surface area contributed by atoms with Gasteiger partial charge in [0.1, 0.15) is 5.75 Å². The number of aryl methyl sites for hydroxylation is 1. The molecule has 1 amide bonds. The van der Waals surface area contributed by atoms with Gasteiger partial charge in [-0.2, -0.15) is 0 Å². The van der Waals surface area contributed by atoms with Crippen molar-refractivity contribution in [2.75, 3.05) is 18.4 Å². The van der Waals surface area contributed by atoms with E-state index < -0.39 is 10.0 Å². The van der Waals surface area contributed by atoms with Crippen molar-refractivity contribution < 1.29 is 17.9 Å². The lowest BCUT2D eigenvalue weighted by Crippen LogP contribution is -2.25. The minimum absolute atomic E-state index is 0.0536. The summed E-state index contributed by atoms with van der Waals surface area (Å²) in [7, 11) is -2.34. The number of benzene rings is 2. The third-order valence-corrected chi connectivity index (χ3v) is 6.32. The zero-order valence-corrected chi connectivity index (χ0v) is 17.6. The van der Waals surface area contributed by atoms with Gasteiger partial charge in [0.25, 0.3) is 15.9 Å². The van der Waals surface area contributed by atoms with Crippen LogP contribution in [-0.4, -0.2) is 33.0 Å². The van der Waals surface area contributed by atoms with E-state index in [1.165, 1.54) is 31.4 Å². The number of aromatic nitrogens is 1. The van der Waals surface area contributed by atoms with Crippen LogP contribution in [0.3, 0.4) is 0 Å². The van der Waals surface area contributed by atoms with Crippen molar-refractivity contribution in [1.82, 2.24) is 10.3 Å². The molecule has 0 aliphatic rings. The molecule has 0 radical (unpaired) electrons. The molecule has 0 aliphatic heterocycles. The van der Waals surface area contributed by atoms with Gasteiger partial charge in [0.15, 0.2) is 0 Å². The highest BCUT2D eigenvalue weighted by molar-refractivity contribution is 7.92. The van der Waals surface area contributed by atoms with E-state index in [1.54, 1.807) is 35.6 Å². The standard InChI is InChI=1S/C20H21N3O4S2/c1-14-22-16(13-28-14)11-12-21-20(24)15-7-9-17(10-8-15)29(25,26)23-18-5-3-4-6-19(18)27-2/h3-10,13,23H,11-12H2,1-2H3,(H,21,24). The lowest BCUT2D eigenvalue weighted by atomic mass is 10.2. The first-order valence-electron chi connectivity index (χ1n) is 8.84. The number of amides is 1. The highest BCUT2D eigenvalue weighted by Crippen LogP contribution is 2.26. The Morgan fingerprint density at radius 3 is 2.52 bits per heavy atom. The summed E-state index contributed by atoms with van der Waals surface area (Å²) >= 11 is 1.57. The Kier molecular flexibility index (Phi) is 6.50. The molecule has 9 heteroatoms. The maximum atomic E-state index is 12.6. The number of hydrogen-bond acceptors (Lipinski definition) is 6. The first-order valence-corrected chi connectivity index (χ1v) is 11.2. The lowest BCUT2D eigenvalue weighted by Gasteiger charge is -2.12. The van der Waals surface area contributed by atoms with E-state index in [0.29, 0.717) is 30.0 Å². The molecule has 0 saturated heterocycles. The second-order valence-corrected chi connectivity index (χ2v) is 8.94. The number of sulfonamides is 1. The molecule has 3 aromatic rings. The second kappa shape index (κ2) is 9.06. The van der Waals surface area contributed by atoms with Crippen LogP contribution in [0.2, 0.25) is 0 Å². The molecule has 2 aromatic carbocycles. The number of anilines is 1. The Hall–Kier alpha value is -2.91. The van der Waals surface area contributed by atoms with Gasteiger partial charge >= 0.3 is 0 Å². The fourth-order valence-corrected chi connectivity index (χ4v) is 4.36. The second-order valence-electron chi connectivity index (χ2n) is 6.19. The molecule has 0 saturated carbocycles. The Labute approximate surface area is 173 Å². The largest absolute Gasteiger partial charge is 0.495 e. The Morgan fingerprint density at radius 1 is 1.14 bits per heavy atom. The third-order valence-electron chi connectivity index (χ3n) is 4.11. The number of nitrogens with zero attached hydrogens (tertiary/aromatic N) is 1. The van der Waals surface area contributed by atoms with E-state index in [0.717, 1.165) is 10.7 Å². The Balaban J connectivity index is 1.63. The highest BCUT2D eigenvalue weighted by Gasteiger charge is 2.17. The molecule has 2 N–H and O–H groups in total. The van der Waals surface area contributed by atoms with Gasteiger partial charge in [-0.25, -0.2) is 13.4 Å². The molecule has 0 spiro atoms. The fraction of sp³-hybridized carbons (Fsp3) is 0.200. The summed E-state index contributed by atoms with van der Waals surface area (Å²) in [4.78, 5) is 16.7. The smallest absolute Gasteiger partial charge is 0.262 e. The summed E-state index contributed by atoms with van der Waals surface area (Å²) < 4.78 is 32.9. The van der Waals surface area contributed by atoms with Crippen molar-refractivity contribution in [3.63, 3.8) is 0 Å². The van der Waals surface area contributed by atoms with E-state index in [2.05, 4.69) is 15.0 Å². The van der Waals surface area contributed by atoms with Crippen molar-refractivity contribution >= 4 is 33.0 Å². The van der Waals surface area contributed by atoms with E-state index in [9.17, 15) is 13.2 Å². The quantitative estimate of drug-likeness (QED) is 0.571. The number of rotatable bonds is 8. The number of para-hydroxylation sites is 2. The van der Waals surface area contributed by atoms with Gasteiger partial charge in [-0.15, -0.1) is 11.3 Å². The Bertz CT molecular complexity index is 1090. The van der Waals surface area contributed by atoms with E-state index >= 15 is 0 Å². The molecule has 152 valence electrons. The topological polar surface area (TPSA) is 97.4 Å². The molecule has 0 unspecified atom stereocenters. The van der Waals surface area contributed by atoms with Crippen LogP contribution in [-0.2, 0) is 16.4 Å². The summed E-state index contributed by atoms with van der Waals surface area (Å²) in [6.45, 7) is 2.39. The molecule has 3 rings (SSSR count). The fourth-order valence-electron chi connectivity index (χ4n) is 2.65. The molecule has 1 heterocycles. The molecular weight excluding hydrogens is 410 g/mol. The number of methoxy groups -OCH3 is 1. The van der Waals surface area contributed by atoms with Crippen molar-refractivity contribution in [3.8, 4) is 5.75 Å². The number of carbonyl (C=O) groups excluding carboxylic acids is 1. The van der Waals surface area contributed by atoms with Crippen LogP contribution in [0.25, 0.3) is 0 Å². The molecule has 1 aromatic heterocycles. The van der Waals surface area contributed by atoms with Gasteiger partial charge in [0.05, 0.1) is 28.4 Å². The molecule has 7 nitrogen and oxygen atoms in total. The zero-order chi connectivity index (χ0) is 20.9. The number of ether oxygens (including phenoxy) is 1. The van der Waals surface area contributed by atoms with Crippen molar-refractivity contribution in [2.45, 2.75) is 18.2 Å². The maximum absolute atomic E-state index is 12.6. The van der Waals surface area contributed by atoms with Crippen molar-refractivity contribution in [2.24, 2.45) is 0 Å². The van der Waals surface area contributed by atoms with Gasteiger partial charge in [-0.05, 0) is 43.3 Å². The van der Waals surface area contributed by atoms with Gasteiger partial charge in [-0.3, -0.25) is 9.52 Å². The van der Waals surface area contributed by atoms with Gasteiger partial charge in [0.2, 0.25) is 0 Å². The first kappa shape index (κ1) is 20.8. The molecule has 0 bridgehead atoms. The SMILES string of the molecule is COc1ccccc1NS(=O)(=O)c1ccc(C(=O)NCCc2csc(C)n2)cc1.